The standard InChI is InChI=1S/C38H35NO12S4/c1-27-5-16-33(17-6-27)53(43,44)39(4)38(40)49-37-25-30(13-22-36(37)51-55(47,48)35-20-9-29(3)10-21-35)23-24-52(41,42)26-31-11-14-32(15-12-31)50-54(45,46)34-18-7-28(2)8-19-34/h5-25H,26H2,1-4H3/b24-23+. The Morgan fingerprint density at radius 2 is 1.05 bits per heavy atom. The van der Waals surface area contributed by atoms with Crippen molar-refractivity contribution in [2.75, 3.05) is 7.05 Å². The summed E-state index contributed by atoms with van der Waals surface area (Å²) in [6, 6.07) is 26.5. The summed E-state index contributed by atoms with van der Waals surface area (Å²) in [7, 11) is -16.0. The molecule has 55 heavy (non-hydrogen) atoms. The minimum atomic E-state index is -4.48. The topological polar surface area (TPSA) is 185 Å². The van der Waals surface area contributed by atoms with Crippen LogP contribution in [0.15, 0.2) is 135 Å². The van der Waals surface area contributed by atoms with Gasteiger partial charge in [-0.25, -0.2) is 25.9 Å². The van der Waals surface area contributed by atoms with E-state index in [-0.39, 0.29) is 26.0 Å². The van der Waals surface area contributed by atoms with E-state index in [4.69, 9.17) is 13.1 Å². The van der Waals surface area contributed by atoms with Crippen molar-refractivity contribution in [2.24, 2.45) is 0 Å². The van der Waals surface area contributed by atoms with Crippen molar-refractivity contribution >= 4 is 52.3 Å². The number of hydrogen-bond donors (Lipinski definition) is 0. The number of ether oxygens (including phenoxy) is 1. The van der Waals surface area contributed by atoms with Gasteiger partial charge in [-0.2, -0.15) is 16.8 Å². The maximum atomic E-state index is 13.2. The lowest BCUT2D eigenvalue weighted by atomic mass is 10.2. The zero-order chi connectivity index (χ0) is 40.2. The number of nitrogens with zero attached hydrogens (tertiary/aromatic N) is 1. The van der Waals surface area contributed by atoms with E-state index in [2.05, 4.69) is 0 Å². The van der Waals surface area contributed by atoms with E-state index in [9.17, 15) is 38.5 Å². The average molecular weight is 826 g/mol. The van der Waals surface area contributed by atoms with Crippen LogP contribution in [0, 0.1) is 20.8 Å². The molecule has 0 aliphatic rings. The Kier molecular flexibility index (Phi) is 11.9. The molecule has 0 saturated heterocycles. The number of amides is 1. The van der Waals surface area contributed by atoms with Crippen LogP contribution >= 0.6 is 0 Å². The van der Waals surface area contributed by atoms with Crippen LogP contribution < -0.4 is 13.1 Å². The largest absolute Gasteiger partial charge is 0.429 e. The van der Waals surface area contributed by atoms with Gasteiger partial charge in [-0.3, -0.25) is 0 Å². The first-order chi connectivity index (χ1) is 25.7. The second kappa shape index (κ2) is 16.1. The van der Waals surface area contributed by atoms with Crippen LogP contribution in [0.2, 0.25) is 0 Å². The number of carbonyl (C=O) groups excluding carboxylic acids is 1. The van der Waals surface area contributed by atoms with Gasteiger partial charge in [0.15, 0.2) is 21.3 Å². The van der Waals surface area contributed by atoms with Gasteiger partial charge in [0.1, 0.15) is 15.5 Å². The van der Waals surface area contributed by atoms with Crippen molar-refractivity contribution in [3.8, 4) is 17.2 Å². The predicted octanol–water partition coefficient (Wildman–Crippen LogP) is 6.55. The van der Waals surface area contributed by atoms with E-state index in [1.165, 1.54) is 66.7 Å². The highest BCUT2D eigenvalue weighted by atomic mass is 32.2. The third-order valence-corrected chi connectivity index (χ3v) is 13.4. The van der Waals surface area contributed by atoms with Gasteiger partial charge in [-0.05, 0) is 98.6 Å². The first-order valence-corrected chi connectivity index (χ1v) is 22.1. The maximum Gasteiger partial charge on any atom is 0.429 e. The third-order valence-electron chi connectivity index (χ3n) is 7.89. The summed E-state index contributed by atoms with van der Waals surface area (Å²) < 4.78 is 120. The lowest BCUT2D eigenvalue weighted by Gasteiger charge is -2.19. The molecule has 5 aromatic carbocycles. The molecule has 0 spiro atoms. The molecule has 0 unspecified atom stereocenters. The molecule has 0 N–H and O–H groups in total. The van der Waals surface area contributed by atoms with Crippen LogP contribution in [-0.4, -0.2) is 51.1 Å². The minimum absolute atomic E-state index is 0.0247. The highest BCUT2D eigenvalue weighted by Gasteiger charge is 2.29. The fourth-order valence-corrected chi connectivity index (χ4v) is 8.77. The molecule has 0 fully saturated rings. The van der Waals surface area contributed by atoms with Gasteiger partial charge in [0, 0.05) is 12.5 Å². The Morgan fingerprint density at radius 1 is 0.582 bits per heavy atom. The first kappa shape index (κ1) is 40.7. The van der Waals surface area contributed by atoms with Gasteiger partial charge < -0.3 is 13.1 Å². The molecule has 13 nitrogen and oxygen atoms in total. The molecule has 0 heterocycles. The van der Waals surface area contributed by atoms with Gasteiger partial charge in [0.2, 0.25) is 0 Å². The summed E-state index contributed by atoms with van der Waals surface area (Å²) in [5.74, 6) is -1.53. The van der Waals surface area contributed by atoms with Crippen molar-refractivity contribution < 1.29 is 51.6 Å². The molecular weight excluding hydrogens is 791 g/mol. The van der Waals surface area contributed by atoms with Crippen LogP contribution in [0.25, 0.3) is 6.08 Å². The number of sulfone groups is 1. The van der Waals surface area contributed by atoms with Gasteiger partial charge in [0.05, 0.1) is 10.6 Å². The van der Waals surface area contributed by atoms with Gasteiger partial charge >= 0.3 is 26.3 Å². The summed E-state index contributed by atoms with van der Waals surface area (Å²) >= 11 is 0. The Bertz CT molecular complexity index is 2680. The summed E-state index contributed by atoms with van der Waals surface area (Å²) in [5, 5.41) is 0.873. The zero-order valence-electron chi connectivity index (χ0n) is 29.8. The van der Waals surface area contributed by atoms with Gasteiger partial charge in [0.25, 0.3) is 10.0 Å². The number of benzene rings is 5. The van der Waals surface area contributed by atoms with Crippen LogP contribution in [0.3, 0.4) is 0 Å². The smallest absolute Gasteiger partial charge is 0.405 e. The highest BCUT2D eigenvalue weighted by molar-refractivity contribution is 7.93. The van der Waals surface area contributed by atoms with E-state index in [1.54, 1.807) is 50.2 Å². The van der Waals surface area contributed by atoms with Gasteiger partial charge in [-0.15, -0.1) is 0 Å². The Balaban J connectivity index is 1.37. The maximum absolute atomic E-state index is 13.2. The zero-order valence-corrected chi connectivity index (χ0v) is 33.1. The molecule has 0 atom stereocenters. The quantitative estimate of drug-likeness (QED) is 0.117. The summed E-state index contributed by atoms with van der Waals surface area (Å²) in [6.07, 6.45) is -0.255. The van der Waals surface area contributed by atoms with Crippen molar-refractivity contribution in [1.82, 2.24) is 4.31 Å². The normalized spacial score (nSPS) is 12.3. The molecule has 5 rings (SSSR count). The van der Waals surface area contributed by atoms with Crippen LogP contribution in [0.4, 0.5) is 4.79 Å². The SMILES string of the molecule is Cc1ccc(S(=O)(=O)Oc2ccc(CS(=O)(=O)/C=C/c3ccc(OS(=O)(=O)c4ccc(C)cc4)c(OC(=O)N(C)S(=O)(=O)c4ccc(C)cc4)c3)cc2)cc1. The molecule has 0 aromatic heterocycles. The molecule has 0 aliphatic carbocycles. The molecule has 0 bridgehead atoms. The van der Waals surface area contributed by atoms with Crippen LogP contribution in [0.1, 0.15) is 27.8 Å². The van der Waals surface area contributed by atoms with Crippen molar-refractivity contribution in [1.29, 1.82) is 0 Å². The lowest BCUT2D eigenvalue weighted by molar-refractivity contribution is 0.183. The molecule has 0 aliphatic heterocycles. The fourth-order valence-electron chi connectivity index (χ4n) is 4.76. The number of carbonyl (C=O) groups is 1. The highest BCUT2D eigenvalue weighted by Crippen LogP contribution is 2.33. The number of sulfonamides is 1. The van der Waals surface area contributed by atoms with Crippen LogP contribution in [-0.2, 0) is 45.8 Å². The molecule has 17 heteroatoms. The summed E-state index contributed by atoms with van der Waals surface area (Å²) in [4.78, 5) is 12.7. The number of rotatable bonds is 13. The average Bonchev–Trinajstić information content (AvgIpc) is 3.12. The lowest BCUT2D eigenvalue weighted by Crippen LogP contribution is -2.35. The minimum Gasteiger partial charge on any atom is -0.405 e. The predicted molar refractivity (Wildman–Crippen MR) is 205 cm³/mol. The summed E-state index contributed by atoms with van der Waals surface area (Å²) in [5.41, 5.74) is 2.85. The fraction of sp³-hybridized carbons (Fsp3) is 0.132. The molecule has 1 amide bonds. The van der Waals surface area contributed by atoms with Crippen molar-refractivity contribution in [3.63, 3.8) is 0 Å². The number of hydrogen-bond acceptors (Lipinski definition) is 12. The molecule has 288 valence electrons. The molecular formula is C38H35NO12S4. The molecule has 5 aromatic rings. The van der Waals surface area contributed by atoms with E-state index in [1.807, 2.05) is 6.92 Å². The molecule has 0 radical (unpaired) electrons. The second-order valence-electron chi connectivity index (χ2n) is 12.3. The second-order valence-corrected chi connectivity index (χ2v) is 19.3. The van der Waals surface area contributed by atoms with Crippen LogP contribution in [0.5, 0.6) is 17.2 Å². The van der Waals surface area contributed by atoms with E-state index < -0.39 is 63.4 Å². The van der Waals surface area contributed by atoms with E-state index >= 15 is 0 Å². The van der Waals surface area contributed by atoms with Gasteiger partial charge in [-0.1, -0.05) is 71.3 Å². The Morgan fingerprint density at radius 3 is 1.56 bits per heavy atom. The van der Waals surface area contributed by atoms with E-state index in [0.717, 1.165) is 47.4 Å². The summed E-state index contributed by atoms with van der Waals surface area (Å²) in [6.45, 7) is 5.33. The van der Waals surface area contributed by atoms with Crippen molar-refractivity contribution in [2.45, 2.75) is 41.2 Å². The first-order valence-electron chi connectivity index (χ1n) is 16.2. The van der Waals surface area contributed by atoms with E-state index in [0.29, 0.717) is 9.87 Å². The van der Waals surface area contributed by atoms with Crippen molar-refractivity contribution in [3.05, 3.63) is 148 Å². The monoisotopic (exact) mass is 825 g/mol. The Hall–Kier alpha value is -5.49. The third kappa shape index (κ3) is 10.4. The Labute approximate surface area is 320 Å². The number of aryl methyl sites for hydroxylation is 3. The molecule has 0 saturated carbocycles.